The number of carbonyl (C=O) groups is 1. The van der Waals surface area contributed by atoms with Crippen LogP contribution in [0.4, 0.5) is 0 Å². The first-order valence-corrected chi connectivity index (χ1v) is 7.58. The third-order valence-electron chi connectivity index (χ3n) is 4.20. The van der Waals surface area contributed by atoms with Crippen LogP contribution < -0.4 is 10.6 Å². The van der Waals surface area contributed by atoms with Gasteiger partial charge in [0.25, 0.3) is 0 Å². The highest BCUT2D eigenvalue weighted by atomic mass is 16.1. The summed E-state index contributed by atoms with van der Waals surface area (Å²) in [5.41, 5.74) is 0.912. The highest BCUT2D eigenvalue weighted by molar-refractivity contribution is 5.76. The number of pyridine rings is 1. The van der Waals surface area contributed by atoms with Crippen LogP contribution in [0.1, 0.15) is 44.8 Å². The third kappa shape index (κ3) is 4.30. The summed E-state index contributed by atoms with van der Waals surface area (Å²) in [6.45, 7) is 6.35. The minimum Gasteiger partial charge on any atom is -0.348 e. The SMILES string of the molecule is CC(NC(=O)CC(C)C1CCNCC1)c1ccccn1. The average Bonchev–Trinajstić information content (AvgIpc) is 2.49. The number of aromatic nitrogens is 1. The van der Waals surface area contributed by atoms with Crippen molar-refractivity contribution in [1.82, 2.24) is 15.6 Å². The van der Waals surface area contributed by atoms with Gasteiger partial charge in [-0.15, -0.1) is 0 Å². The number of hydrogen-bond acceptors (Lipinski definition) is 3. The van der Waals surface area contributed by atoms with Gasteiger partial charge in [-0.3, -0.25) is 9.78 Å². The smallest absolute Gasteiger partial charge is 0.220 e. The molecule has 2 unspecified atom stereocenters. The first-order valence-electron chi connectivity index (χ1n) is 7.58. The van der Waals surface area contributed by atoms with Crippen LogP contribution in [0, 0.1) is 11.8 Å². The molecule has 0 aliphatic carbocycles. The monoisotopic (exact) mass is 275 g/mol. The Kier molecular flexibility index (Phi) is 5.53. The summed E-state index contributed by atoms with van der Waals surface area (Å²) < 4.78 is 0. The van der Waals surface area contributed by atoms with Crippen LogP contribution in [0.15, 0.2) is 24.4 Å². The Morgan fingerprint density at radius 3 is 2.80 bits per heavy atom. The van der Waals surface area contributed by atoms with Crippen molar-refractivity contribution in [3.63, 3.8) is 0 Å². The van der Waals surface area contributed by atoms with E-state index in [2.05, 4.69) is 22.5 Å². The number of hydrogen-bond donors (Lipinski definition) is 2. The van der Waals surface area contributed by atoms with E-state index in [0.717, 1.165) is 18.8 Å². The highest BCUT2D eigenvalue weighted by Gasteiger charge is 2.22. The highest BCUT2D eigenvalue weighted by Crippen LogP contribution is 2.24. The zero-order valence-corrected chi connectivity index (χ0v) is 12.4. The Labute approximate surface area is 121 Å². The molecule has 2 heterocycles. The summed E-state index contributed by atoms with van der Waals surface area (Å²) in [6.07, 6.45) is 4.74. The fraction of sp³-hybridized carbons (Fsp3) is 0.625. The number of carbonyl (C=O) groups excluding carboxylic acids is 1. The molecule has 1 amide bonds. The second-order valence-electron chi connectivity index (χ2n) is 5.81. The van der Waals surface area contributed by atoms with Crippen molar-refractivity contribution in [3.8, 4) is 0 Å². The largest absolute Gasteiger partial charge is 0.348 e. The van der Waals surface area contributed by atoms with Crippen molar-refractivity contribution in [3.05, 3.63) is 30.1 Å². The maximum atomic E-state index is 12.1. The Morgan fingerprint density at radius 1 is 1.40 bits per heavy atom. The topological polar surface area (TPSA) is 54.0 Å². The third-order valence-corrected chi connectivity index (χ3v) is 4.20. The van der Waals surface area contributed by atoms with Gasteiger partial charge in [-0.1, -0.05) is 13.0 Å². The Morgan fingerprint density at radius 2 is 2.15 bits per heavy atom. The molecule has 1 fully saturated rings. The van der Waals surface area contributed by atoms with E-state index in [9.17, 15) is 4.79 Å². The molecular formula is C16H25N3O. The molecule has 1 aromatic heterocycles. The van der Waals surface area contributed by atoms with E-state index in [1.165, 1.54) is 12.8 Å². The van der Waals surface area contributed by atoms with Crippen LogP contribution in [0.3, 0.4) is 0 Å². The molecule has 0 radical (unpaired) electrons. The van der Waals surface area contributed by atoms with Gasteiger partial charge < -0.3 is 10.6 Å². The molecule has 1 aromatic rings. The molecule has 2 rings (SSSR count). The molecule has 1 aliphatic heterocycles. The molecule has 0 saturated carbocycles. The first-order chi connectivity index (χ1) is 9.66. The molecule has 2 N–H and O–H groups in total. The predicted octanol–water partition coefficient (Wildman–Crippen LogP) is 2.28. The molecule has 110 valence electrons. The van der Waals surface area contributed by atoms with Crippen molar-refractivity contribution in [2.24, 2.45) is 11.8 Å². The lowest BCUT2D eigenvalue weighted by molar-refractivity contribution is -0.123. The van der Waals surface area contributed by atoms with Gasteiger partial charge in [-0.25, -0.2) is 0 Å². The minimum atomic E-state index is -0.0241. The van der Waals surface area contributed by atoms with Gasteiger partial charge in [0.1, 0.15) is 0 Å². The molecule has 4 nitrogen and oxygen atoms in total. The van der Waals surface area contributed by atoms with E-state index in [4.69, 9.17) is 0 Å². The molecule has 20 heavy (non-hydrogen) atoms. The van der Waals surface area contributed by atoms with Crippen LogP contribution >= 0.6 is 0 Å². The van der Waals surface area contributed by atoms with Crippen LogP contribution in [0.5, 0.6) is 0 Å². The lowest BCUT2D eigenvalue weighted by Gasteiger charge is -2.28. The lowest BCUT2D eigenvalue weighted by atomic mass is 9.84. The van der Waals surface area contributed by atoms with Crippen LogP contribution in [0.25, 0.3) is 0 Å². The number of nitrogens with one attached hydrogen (secondary N) is 2. The van der Waals surface area contributed by atoms with Crippen LogP contribution in [-0.4, -0.2) is 24.0 Å². The average molecular weight is 275 g/mol. The minimum absolute atomic E-state index is 0.0241. The second kappa shape index (κ2) is 7.39. The number of piperidine rings is 1. The molecule has 2 atom stereocenters. The molecular weight excluding hydrogens is 250 g/mol. The van der Waals surface area contributed by atoms with E-state index in [-0.39, 0.29) is 11.9 Å². The van der Waals surface area contributed by atoms with Gasteiger partial charge in [0, 0.05) is 12.6 Å². The summed E-state index contributed by atoms with van der Waals surface area (Å²) in [6, 6.07) is 5.75. The fourth-order valence-corrected chi connectivity index (χ4v) is 2.88. The van der Waals surface area contributed by atoms with Gasteiger partial charge in [-0.2, -0.15) is 0 Å². The van der Waals surface area contributed by atoms with Crippen molar-refractivity contribution in [2.75, 3.05) is 13.1 Å². The van der Waals surface area contributed by atoms with Gasteiger partial charge in [0.05, 0.1) is 11.7 Å². The molecule has 0 aromatic carbocycles. The van der Waals surface area contributed by atoms with Crippen molar-refractivity contribution < 1.29 is 4.79 Å². The summed E-state index contributed by atoms with van der Waals surface area (Å²) in [4.78, 5) is 16.4. The molecule has 4 heteroatoms. The van der Waals surface area contributed by atoms with Gasteiger partial charge >= 0.3 is 0 Å². The summed E-state index contributed by atoms with van der Waals surface area (Å²) in [7, 11) is 0. The van der Waals surface area contributed by atoms with E-state index in [1.807, 2.05) is 25.1 Å². The van der Waals surface area contributed by atoms with Gasteiger partial charge in [0.15, 0.2) is 0 Å². The maximum Gasteiger partial charge on any atom is 0.220 e. The van der Waals surface area contributed by atoms with Crippen molar-refractivity contribution in [2.45, 2.75) is 39.2 Å². The van der Waals surface area contributed by atoms with Crippen LogP contribution in [-0.2, 0) is 4.79 Å². The molecule has 1 saturated heterocycles. The summed E-state index contributed by atoms with van der Waals surface area (Å²) in [5, 5.41) is 6.42. The lowest BCUT2D eigenvalue weighted by Crippen LogP contribution is -2.34. The Bertz CT molecular complexity index is 415. The predicted molar refractivity (Wildman–Crippen MR) is 80.2 cm³/mol. The summed E-state index contributed by atoms with van der Waals surface area (Å²) >= 11 is 0. The number of rotatable bonds is 5. The summed E-state index contributed by atoms with van der Waals surface area (Å²) in [5.74, 6) is 1.26. The number of amides is 1. The van der Waals surface area contributed by atoms with Crippen molar-refractivity contribution >= 4 is 5.91 Å². The zero-order chi connectivity index (χ0) is 14.4. The van der Waals surface area contributed by atoms with E-state index in [0.29, 0.717) is 18.3 Å². The molecule has 1 aliphatic rings. The van der Waals surface area contributed by atoms with Crippen LogP contribution in [0.2, 0.25) is 0 Å². The number of nitrogens with zero attached hydrogens (tertiary/aromatic N) is 1. The van der Waals surface area contributed by atoms with Gasteiger partial charge in [-0.05, 0) is 56.8 Å². The van der Waals surface area contributed by atoms with E-state index in [1.54, 1.807) is 6.20 Å². The standard InChI is InChI=1S/C16H25N3O/c1-12(14-6-9-17-10-7-14)11-16(20)19-13(2)15-5-3-4-8-18-15/h3-5,8,12-14,17H,6-7,9-11H2,1-2H3,(H,19,20). The fourth-order valence-electron chi connectivity index (χ4n) is 2.88. The first kappa shape index (κ1) is 15.0. The van der Waals surface area contributed by atoms with E-state index >= 15 is 0 Å². The van der Waals surface area contributed by atoms with Crippen molar-refractivity contribution in [1.29, 1.82) is 0 Å². The Balaban J connectivity index is 1.79. The maximum absolute atomic E-state index is 12.1. The van der Waals surface area contributed by atoms with Gasteiger partial charge in [0.2, 0.25) is 5.91 Å². The molecule has 0 bridgehead atoms. The second-order valence-corrected chi connectivity index (χ2v) is 5.81. The van der Waals surface area contributed by atoms with E-state index < -0.39 is 0 Å². The normalized spacial score (nSPS) is 19.3. The quantitative estimate of drug-likeness (QED) is 0.867. The zero-order valence-electron chi connectivity index (χ0n) is 12.4. The Hall–Kier alpha value is -1.42. The molecule has 0 spiro atoms.